The maximum Gasteiger partial charge on any atom is 0.255 e. The predicted octanol–water partition coefficient (Wildman–Crippen LogP) is 2.56. The van der Waals surface area contributed by atoms with E-state index in [1.807, 2.05) is 6.07 Å². The van der Waals surface area contributed by atoms with Gasteiger partial charge in [0.05, 0.1) is 22.7 Å². The summed E-state index contributed by atoms with van der Waals surface area (Å²) in [5.41, 5.74) is 0.631. The number of anilines is 1. The Bertz CT molecular complexity index is 912. The molecule has 6 nitrogen and oxygen atoms in total. The number of hydrogen-bond acceptors (Lipinski definition) is 4. The highest BCUT2D eigenvalue weighted by Gasteiger charge is 2.22. The molecule has 1 N–H and O–H groups in total. The molecule has 8 heteroatoms. The summed E-state index contributed by atoms with van der Waals surface area (Å²) in [5, 5.41) is 2.69. The minimum Gasteiger partial charge on any atom is -0.332 e. The zero-order valence-corrected chi connectivity index (χ0v) is 16.1. The largest absolute Gasteiger partial charge is 0.332 e. The van der Waals surface area contributed by atoms with Crippen LogP contribution in [0, 0.1) is 0 Å². The third-order valence-electron chi connectivity index (χ3n) is 3.39. The molecule has 0 aliphatic carbocycles. The second-order valence-electron chi connectivity index (χ2n) is 5.46. The number of hydrogen-bond donors (Lipinski definition) is 1. The minimum atomic E-state index is -3.55. The van der Waals surface area contributed by atoms with Gasteiger partial charge in [-0.25, -0.2) is 8.42 Å². The molecule has 0 saturated carbocycles. The van der Waals surface area contributed by atoms with Crippen molar-refractivity contribution in [3.05, 3.63) is 58.6 Å². The van der Waals surface area contributed by atoms with Gasteiger partial charge >= 0.3 is 0 Å². The summed E-state index contributed by atoms with van der Waals surface area (Å²) in [6.07, 6.45) is 1.04. The molecule has 0 unspecified atom stereocenters. The van der Waals surface area contributed by atoms with E-state index in [2.05, 4.69) is 21.2 Å². The Labute approximate surface area is 154 Å². The van der Waals surface area contributed by atoms with Crippen LogP contribution in [-0.2, 0) is 14.6 Å². The number of nitrogens with one attached hydrogen (secondary N) is 1. The van der Waals surface area contributed by atoms with Crippen LogP contribution >= 0.6 is 15.9 Å². The molecule has 0 aromatic heterocycles. The van der Waals surface area contributed by atoms with Crippen LogP contribution in [0.5, 0.6) is 0 Å². The zero-order valence-electron chi connectivity index (χ0n) is 13.7. The summed E-state index contributed by atoms with van der Waals surface area (Å²) in [7, 11) is -2.10. The van der Waals surface area contributed by atoms with Gasteiger partial charge < -0.3 is 10.2 Å². The quantitative estimate of drug-likeness (QED) is 0.798. The molecule has 0 atom stereocenters. The third-order valence-corrected chi connectivity index (χ3v) is 5.24. The zero-order chi connectivity index (χ0) is 18.6. The Kier molecular flexibility index (Phi) is 5.97. The lowest BCUT2D eigenvalue weighted by atomic mass is 10.2. The molecule has 0 radical (unpaired) electrons. The van der Waals surface area contributed by atoms with Crippen LogP contribution in [0.2, 0.25) is 0 Å². The summed E-state index contributed by atoms with van der Waals surface area (Å²) in [4.78, 5) is 25.8. The molecule has 0 saturated heterocycles. The molecule has 0 bridgehead atoms. The van der Waals surface area contributed by atoms with Crippen molar-refractivity contribution in [3.63, 3.8) is 0 Å². The fourth-order valence-corrected chi connectivity index (χ4v) is 3.48. The normalized spacial score (nSPS) is 11.0. The van der Waals surface area contributed by atoms with Gasteiger partial charge in [0.2, 0.25) is 5.91 Å². The second-order valence-corrected chi connectivity index (χ2v) is 8.30. The Hall–Kier alpha value is -2.19. The molecule has 2 aromatic carbocycles. The SMILES string of the molecule is CN(CC(=O)Nc1ccccc1Br)C(=O)c1ccccc1S(C)(=O)=O. The topological polar surface area (TPSA) is 83.6 Å². The molecular formula is C17H17BrN2O4S. The van der Waals surface area contributed by atoms with E-state index < -0.39 is 15.7 Å². The maximum atomic E-state index is 12.5. The second kappa shape index (κ2) is 7.79. The lowest BCUT2D eigenvalue weighted by Gasteiger charge is -2.18. The van der Waals surface area contributed by atoms with Crippen LogP contribution in [0.1, 0.15) is 10.4 Å². The van der Waals surface area contributed by atoms with E-state index >= 15 is 0 Å². The number of para-hydroxylation sites is 1. The number of amides is 2. The highest BCUT2D eigenvalue weighted by Crippen LogP contribution is 2.21. The monoisotopic (exact) mass is 424 g/mol. The molecule has 2 rings (SSSR count). The lowest BCUT2D eigenvalue weighted by Crippen LogP contribution is -2.35. The number of halogens is 1. The van der Waals surface area contributed by atoms with Gasteiger partial charge in [-0.05, 0) is 40.2 Å². The van der Waals surface area contributed by atoms with Gasteiger partial charge in [0.1, 0.15) is 0 Å². The fourth-order valence-electron chi connectivity index (χ4n) is 2.21. The predicted molar refractivity (Wildman–Crippen MR) is 99.3 cm³/mol. The molecule has 0 aliphatic rings. The maximum absolute atomic E-state index is 12.5. The van der Waals surface area contributed by atoms with Crippen molar-refractivity contribution in [2.45, 2.75) is 4.90 Å². The van der Waals surface area contributed by atoms with Crippen molar-refractivity contribution in [2.24, 2.45) is 0 Å². The van der Waals surface area contributed by atoms with Gasteiger partial charge in [-0.15, -0.1) is 0 Å². The summed E-state index contributed by atoms with van der Waals surface area (Å²) >= 11 is 3.33. The van der Waals surface area contributed by atoms with Gasteiger partial charge in [-0.1, -0.05) is 24.3 Å². The smallest absolute Gasteiger partial charge is 0.255 e. The Morgan fingerprint density at radius 2 is 1.68 bits per heavy atom. The van der Waals surface area contributed by atoms with Gasteiger partial charge in [-0.2, -0.15) is 0 Å². The van der Waals surface area contributed by atoms with E-state index in [9.17, 15) is 18.0 Å². The van der Waals surface area contributed by atoms with E-state index in [4.69, 9.17) is 0 Å². The third kappa shape index (κ3) is 4.90. The number of nitrogens with zero attached hydrogens (tertiary/aromatic N) is 1. The Morgan fingerprint density at radius 1 is 1.08 bits per heavy atom. The van der Waals surface area contributed by atoms with E-state index in [1.54, 1.807) is 30.3 Å². The van der Waals surface area contributed by atoms with Gasteiger partial charge in [0, 0.05) is 17.8 Å². The first-order valence-electron chi connectivity index (χ1n) is 7.29. The first-order chi connectivity index (χ1) is 11.7. The van der Waals surface area contributed by atoms with Crippen LogP contribution in [-0.4, -0.2) is 45.0 Å². The minimum absolute atomic E-state index is 0.0428. The van der Waals surface area contributed by atoms with Gasteiger partial charge in [0.15, 0.2) is 9.84 Å². The van der Waals surface area contributed by atoms with Gasteiger partial charge in [0.25, 0.3) is 5.91 Å². The fraction of sp³-hybridized carbons (Fsp3) is 0.176. The molecule has 2 amide bonds. The van der Waals surface area contributed by atoms with Gasteiger partial charge in [-0.3, -0.25) is 9.59 Å². The van der Waals surface area contributed by atoms with E-state index in [-0.39, 0.29) is 22.9 Å². The van der Waals surface area contributed by atoms with Crippen LogP contribution in [0.15, 0.2) is 57.9 Å². The van der Waals surface area contributed by atoms with E-state index in [0.717, 1.165) is 10.7 Å². The number of carbonyl (C=O) groups is 2. The van der Waals surface area contributed by atoms with Crippen LogP contribution < -0.4 is 5.32 Å². The first-order valence-corrected chi connectivity index (χ1v) is 9.97. The number of sulfone groups is 1. The average molecular weight is 425 g/mol. The number of rotatable bonds is 5. The molecule has 2 aromatic rings. The molecule has 132 valence electrons. The van der Waals surface area contributed by atoms with Crippen LogP contribution in [0.25, 0.3) is 0 Å². The highest BCUT2D eigenvalue weighted by molar-refractivity contribution is 9.10. The molecule has 0 heterocycles. The number of likely N-dealkylation sites (N-methyl/N-ethyl adjacent to an activating group) is 1. The Morgan fingerprint density at radius 3 is 2.32 bits per heavy atom. The summed E-state index contributed by atoms with van der Waals surface area (Å²) in [6, 6.07) is 13.0. The van der Waals surface area contributed by atoms with Crippen molar-refractivity contribution in [1.82, 2.24) is 4.90 Å². The average Bonchev–Trinajstić information content (AvgIpc) is 2.55. The molecule has 25 heavy (non-hydrogen) atoms. The molecule has 0 fully saturated rings. The summed E-state index contributed by atoms with van der Waals surface area (Å²) in [6.45, 7) is -0.210. The van der Waals surface area contributed by atoms with Crippen LogP contribution in [0.3, 0.4) is 0 Å². The molecular weight excluding hydrogens is 408 g/mol. The molecule has 0 spiro atoms. The van der Waals surface area contributed by atoms with Crippen molar-refractivity contribution in [1.29, 1.82) is 0 Å². The van der Waals surface area contributed by atoms with E-state index in [0.29, 0.717) is 5.69 Å². The van der Waals surface area contributed by atoms with Crippen molar-refractivity contribution in [2.75, 3.05) is 25.2 Å². The first kappa shape index (κ1) is 19.1. The van der Waals surface area contributed by atoms with Crippen LogP contribution in [0.4, 0.5) is 5.69 Å². The number of benzene rings is 2. The summed E-state index contributed by atoms with van der Waals surface area (Å²) in [5.74, 6) is -0.928. The van der Waals surface area contributed by atoms with E-state index in [1.165, 1.54) is 24.1 Å². The molecule has 0 aliphatic heterocycles. The Balaban J connectivity index is 2.14. The lowest BCUT2D eigenvalue weighted by molar-refractivity contribution is -0.116. The number of carbonyl (C=O) groups excluding carboxylic acids is 2. The van der Waals surface area contributed by atoms with Crippen molar-refractivity contribution in [3.8, 4) is 0 Å². The standard InChI is InChI=1S/C17H17BrN2O4S/c1-20(11-16(21)19-14-9-5-4-8-13(14)18)17(22)12-7-3-6-10-15(12)25(2,23)24/h3-10H,11H2,1-2H3,(H,19,21). The van der Waals surface area contributed by atoms with Crippen molar-refractivity contribution >= 4 is 43.3 Å². The summed E-state index contributed by atoms with van der Waals surface area (Å²) < 4.78 is 24.4. The highest BCUT2D eigenvalue weighted by atomic mass is 79.9. The van der Waals surface area contributed by atoms with Crippen molar-refractivity contribution < 1.29 is 18.0 Å².